The molecular weight excluding hydrogens is 436 g/mol. The molecule has 4 N–H and O–H groups in total. The van der Waals surface area contributed by atoms with Crippen molar-refractivity contribution in [3.05, 3.63) is 89.5 Å². The number of amides is 2. The van der Waals surface area contributed by atoms with Gasteiger partial charge in [-0.15, -0.1) is 0 Å². The molecule has 174 valence electrons. The first kappa shape index (κ1) is 23.0. The molecule has 2 amide bonds. The number of anilines is 1. The highest BCUT2D eigenvalue weighted by Gasteiger charge is 2.29. The molecule has 4 rings (SSSR count). The number of rotatable bonds is 8. The third-order valence-corrected chi connectivity index (χ3v) is 5.74. The van der Waals surface area contributed by atoms with Crippen LogP contribution in [0.1, 0.15) is 33.8 Å². The number of aliphatic hydroxyl groups excluding tert-OH is 1. The van der Waals surface area contributed by atoms with Crippen LogP contribution in [0.25, 0.3) is 11.1 Å². The maximum absolute atomic E-state index is 12.5. The quantitative estimate of drug-likeness (QED) is 0.407. The molecule has 0 radical (unpaired) electrons. The van der Waals surface area contributed by atoms with Crippen molar-refractivity contribution in [2.45, 2.75) is 18.4 Å². The van der Waals surface area contributed by atoms with Crippen LogP contribution in [-0.4, -0.2) is 47.4 Å². The lowest BCUT2D eigenvalue weighted by Gasteiger charge is -2.15. The predicted molar refractivity (Wildman–Crippen MR) is 126 cm³/mol. The Bertz CT molecular complexity index is 1180. The van der Waals surface area contributed by atoms with E-state index in [-0.39, 0.29) is 31.1 Å². The van der Waals surface area contributed by atoms with Crippen LogP contribution >= 0.6 is 0 Å². The van der Waals surface area contributed by atoms with E-state index in [0.29, 0.717) is 5.69 Å². The van der Waals surface area contributed by atoms with E-state index in [4.69, 9.17) is 14.9 Å². The van der Waals surface area contributed by atoms with Crippen LogP contribution in [0.5, 0.6) is 0 Å². The first-order valence-electron chi connectivity index (χ1n) is 10.8. The summed E-state index contributed by atoms with van der Waals surface area (Å²) >= 11 is 0. The maximum Gasteiger partial charge on any atom is 0.411 e. The summed E-state index contributed by atoms with van der Waals surface area (Å²) in [5, 5.41) is 23.1. The number of hydrogen-bond acceptors (Lipinski definition) is 5. The Hall–Kier alpha value is -4.17. The van der Waals surface area contributed by atoms with Gasteiger partial charge in [0.25, 0.3) is 5.91 Å². The summed E-state index contributed by atoms with van der Waals surface area (Å²) in [6, 6.07) is 20.9. The summed E-state index contributed by atoms with van der Waals surface area (Å²) < 4.78 is 5.52. The lowest BCUT2D eigenvalue weighted by atomic mass is 9.98. The molecule has 8 nitrogen and oxygen atoms in total. The summed E-state index contributed by atoms with van der Waals surface area (Å²) in [5.74, 6) is -1.94. The Morgan fingerprint density at radius 2 is 1.56 bits per heavy atom. The normalized spacial score (nSPS) is 12.9. The number of carboxylic acid groups (broad SMARTS) is 1. The molecule has 1 atom stereocenters. The maximum atomic E-state index is 12.5. The number of benzene rings is 3. The highest BCUT2D eigenvalue weighted by molar-refractivity contribution is 5.98. The number of carboxylic acids is 1. The molecule has 3 aromatic rings. The standard InChI is InChI=1S/C26H24N2O6/c29-13-12-23(25(31)32)28-24(30)16-6-5-7-17(14-16)27-26(33)34-15-22-20-10-3-1-8-18(20)19-9-2-4-11-21(19)22/h1-11,14,22-23,29H,12-13,15H2,(H,27,33)(H,28,30)(H,31,32)/t23-/m1/s1. The van der Waals surface area contributed by atoms with Crippen molar-refractivity contribution in [3.63, 3.8) is 0 Å². The Morgan fingerprint density at radius 3 is 2.18 bits per heavy atom. The van der Waals surface area contributed by atoms with Gasteiger partial charge in [-0.3, -0.25) is 10.1 Å². The van der Waals surface area contributed by atoms with E-state index in [1.54, 1.807) is 12.1 Å². The molecule has 1 aliphatic carbocycles. The van der Waals surface area contributed by atoms with E-state index >= 15 is 0 Å². The van der Waals surface area contributed by atoms with Gasteiger partial charge in [-0.1, -0.05) is 54.6 Å². The SMILES string of the molecule is O=C(Nc1cccc(C(=O)N[C@H](CCO)C(=O)O)c1)OCC1c2ccccc2-c2ccccc21. The average molecular weight is 460 g/mol. The highest BCUT2D eigenvalue weighted by Crippen LogP contribution is 2.44. The van der Waals surface area contributed by atoms with Crippen LogP contribution in [0.3, 0.4) is 0 Å². The Balaban J connectivity index is 1.40. The molecule has 8 heteroatoms. The summed E-state index contributed by atoms with van der Waals surface area (Å²) in [6.45, 7) is -0.220. The second kappa shape index (κ2) is 10.2. The molecule has 0 saturated carbocycles. The van der Waals surface area contributed by atoms with E-state index in [1.807, 2.05) is 36.4 Å². The third kappa shape index (κ3) is 4.92. The molecule has 0 bridgehead atoms. The number of carbonyl (C=O) groups is 3. The smallest absolute Gasteiger partial charge is 0.411 e. The fraction of sp³-hybridized carbons (Fsp3) is 0.192. The zero-order valence-corrected chi connectivity index (χ0v) is 18.2. The molecule has 0 fully saturated rings. The lowest BCUT2D eigenvalue weighted by molar-refractivity contribution is -0.139. The fourth-order valence-corrected chi connectivity index (χ4v) is 4.12. The first-order valence-corrected chi connectivity index (χ1v) is 10.8. The number of fused-ring (bicyclic) bond motifs is 3. The van der Waals surface area contributed by atoms with Crippen LogP contribution in [-0.2, 0) is 9.53 Å². The van der Waals surface area contributed by atoms with E-state index in [1.165, 1.54) is 12.1 Å². The molecule has 0 saturated heterocycles. The minimum atomic E-state index is -1.24. The molecule has 0 heterocycles. The number of aliphatic carboxylic acids is 1. The number of ether oxygens (including phenoxy) is 1. The molecule has 3 aromatic carbocycles. The second-order valence-corrected chi connectivity index (χ2v) is 7.91. The van der Waals surface area contributed by atoms with Crippen LogP contribution < -0.4 is 10.6 Å². The van der Waals surface area contributed by atoms with Crippen molar-refractivity contribution >= 4 is 23.7 Å². The zero-order chi connectivity index (χ0) is 24.1. The number of hydrogen-bond donors (Lipinski definition) is 4. The van der Waals surface area contributed by atoms with Gasteiger partial charge >= 0.3 is 12.1 Å². The van der Waals surface area contributed by atoms with Crippen LogP contribution in [0.4, 0.5) is 10.5 Å². The van der Waals surface area contributed by atoms with E-state index in [0.717, 1.165) is 22.3 Å². The monoisotopic (exact) mass is 460 g/mol. The van der Waals surface area contributed by atoms with Crippen molar-refractivity contribution in [2.75, 3.05) is 18.5 Å². The predicted octanol–water partition coefficient (Wildman–Crippen LogP) is 3.61. The molecular formula is C26H24N2O6. The van der Waals surface area contributed by atoms with E-state index < -0.39 is 24.0 Å². The van der Waals surface area contributed by atoms with Gasteiger partial charge in [-0.2, -0.15) is 0 Å². The summed E-state index contributed by atoms with van der Waals surface area (Å²) in [5.41, 5.74) is 4.97. The van der Waals surface area contributed by atoms with Gasteiger partial charge in [-0.05, 0) is 40.5 Å². The number of aliphatic hydroxyl groups is 1. The summed E-state index contributed by atoms with van der Waals surface area (Å²) in [4.78, 5) is 36.1. The number of nitrogens with one attached hydrogen (secondary N) is 2. The molecule has 34 heavy (non-hydrogen) atoms. The molecule has 0 unspecified atom stereocenters. The first-order chi connectivity index (χ1) is 16.5. The highest BCUT2D eigenvalue weighted by atomic mass is 16.5. The van der Waals surface area contributed by atoms with Gasteiger partial charge in [-0.25, -0.2) is 9.59 Å². The van der Waals surface area contributed by atoms with Gasteiger partial charge in [0.05, 0.1) is 0 Å². The Kier molecular flexibility index (Phi) is 6.89. The van der Waals surface area contributed by atoms with Crippen molar-refractivity contribution in [1.29, 1.82) is 0 Å². The van der Waals surface area contributed by atoms with Gasteiger partial charge < -0.3 is 20.3 Å². The molecule has 1 aliphatic rings. The van der Waals surface area contributed by atoms with Crippen molar-refractivity contribution in [1.82, 2.24) is 5.32 Å². The van der Waals surface area contributed by atoms with Crippen LogP contribution in [0, 0.1) is 0 Å². The largest absolute Gasteiger partial charge is 0.480 e. The molecule has 0 aromatic heterocycles. The van der Waals surface area contributed by atoms with Crippen molar-refractivity contribution < 1.29 is 29.3 Å². The minimum Gasteiger partial charge on any atom is -0.480 e. The van der Waals surface area contributed by atoms with Crippen molar-refractivity contribution in [3.8, 4) is 11.1 Å². The van der Waals surface area contributed by atoms with Gasteiger partial charge in [0.2, 0.25) is 0 Å². The fourth-order valence-electron chi connectivity index (χ4n) is 4.12. The number of carbonyl (C=O) groups excluding carboxylic acids is 2. The van der Waals surface area contributed by atoms with Gasteiger partial charge in [0.15, 0.2) is 0 Å². The lowest BCUT2D eigenvalue weighted by Crippen LogP contribution is -2.41. The second-order valence-electron chi connectivity index (χ2n) is 7.91. The Labute approximate surface area is 196 Å². The summed E-state index contributed by atoms with van der Waals surface area (Å²) in [7, 11) is 0. The topological polar surface area (TPSA) is 125 Å². The minimum absolute atomic E-state index is 0.0743. The molecule has 0 aliphatic heterocycles. The zero-order valence-electron chi connectivity index (χ0n) is 18.2. The van der Waals surface area contributed by atoms with Gasteiger partial charge in [0.1, 0.15) is 12.6 Å². The third-order valence-electron chi connectivity index (χ3n) is 5.74. The average Bonchev–Trinajstić information content (AvgIpc) is 3.16. The Morgan fingerprint density at radius 1 is 0.912 bits per heavy atom. The molecule has 0 spiro atoms. The summed E-state index contributed by atoms with van der Waals surface area (Å²) in [6.07, 6.45) is -0.776. The van der Waals surface area contributed by atoms with Crippen LogP contribution in [0.2, 0.25) is 0 Å². The van der Waals surface area contributed by atoms with Gasteiger partial charge in [0, 0.05) is 30.2 Å². The van der Waals surface area contributed by atoms with Crippen molar-refractivity contribution in [2.24, 2.45) is 0 Å². The van der Waals surface area contributed by atoms with E-state index in [2.05, 4.69) is 22.8 Å². The van der Waals surface area contributed by atoms with Crippen LogP contribution in [0.15, 0.2) is 72.8 Å². The van der Waals surface area contributed by atoms with E-state index in [9.17, 15) is 14.4 Å².